The number of halogens is 2. The van der Waals surface area contributed by atoms with Crippen LogP contribution in [0.1, 0.15) is 11.5 Å². The van der Waals surface area contributed by atoms with Crippen LogP contribution >= 0.6 is 23.8 Å². The van der Waals surface area contributed by atoms with E-state index in [2.05, 4.69) is 10.6 Å². The van der Waals surface area contributed by atoms with Crippen LogP contribution < -0.4 is 10.6 Å². The molecule has 1 amide bonds. The van der Waals surface area contributed by atoms with Crippen molar-refractivity contribution in [3.63, 3.8) is 0 Å². The van der Waals surface area contributed by atoms with Gasteiger partial charge in [-0.15, -0.1) is 0 Å². The number of benzene rings is 2. The summed E-state index contributed by atoms with van der Waals surface area (Å²) in [4.78, 5) is 13.1. The molecule has 2 aromatic rings. The molecule has 23 heavy (non-hydrogen) atoms. The zero-order valence-electron chi connectivity index (χ0n) is 12.1. The van der Waals surface area contributed by atoms with E-state index in [0.29, 0.717) is 16.6 Å². The highest BCUT2D eigenvalue weighted by Gasteiger charge is 2.38. The van der Waals surface area contributed by atoms with Gasteiger partial charge in [0.2, 0.25) is 5.91 Å². The summed E-state index contributed by atoms with van der Waals surface area (Å²) >= 11 is 11.2. The lowest BCUT2D eigenvalue weighted by Crippen LogP contribution is -2.31. The van der Waals surface area contributed by atoms with E-state index in [9.17, 15) is 9.18 Å². The first-order chi connectivity index (χ1) is 11.1. The largest absolute Gasteiger partial charge is 0.378 e. The van der Waals surface area contributed by atoms with Crippen LogP contribution in [-0.4, -0.2) is 17.4 Å². The zero-order chi connectivity index (χ0) is 16.4. The van der Waals surface area contributed by atoms with Gasteiger partial charge in [0.05, 0.1) is 16.6 Å². The molecule has 0 spiro atoms. The standard InChI is InChI=1S/C17H14ClFN2OS/c18-11-7-5-10(6-8-11)12-9-20-17(23)15(12)16(22)21-14-4-2-1-3-13(14)19/h1-8,12,15H,9H2,(H,20,23)(H,21,22)/t12-,15+/m1/s1. The van der Waals surface area contributed by atoms with E-state index in [0.717, 1.165) is 5.56 Å². The minimum Gasteiger partial charge on any atom is -0.378 e. The summed E-state index contributed by atoms with van der Waals surface area (Å²) in [6, 6.07) is 13.4. The Bertz CT molecular complexity index is 751. The molecule has 118 valence electrons. The van der Waals surface area contributed by atoms with Crippen LogP contribution in [0.4, 0.5) is 10.1 Å². The lowest BCUT2D eigenvalue weighted by atomic mass is 9.88. The highest BCUT2D eigenvalue weighted by Crippen LogP contribution is 2.31. The molecule has 1 aliphatic heterocycles. The van der Waals surface area contributed by atoms with Crippen molar-refractivity contribution in [3.05, 3.63) is 64.9 Å². The van der Waals surface area contributed by atoms with Crippen LogP contribution in [-0.2, 0) is 4.79 Å². The van der Waals surface area contributed by atoms with Gasteiger partial charge in [-0.2, -0.15) is 0 Å². The fraction of sp³-hybridized carbons (Fsp3) is 0.176. The van der Waals surface area contributed by atoms with Gasteiger partial charge < -0.3 is 10.6 Å². The van der Waals surface area contributed by atoms with Gasteiger partial charge in [0, 0.05) is 17.5 Å². The number of carbonyl (C=O) groups excluding carboxylic acids is 1. The molecule has 0 unspecified atom stereocenters. The number of para-hydroxylation sites is 1. The summed E-state index contributed by atoms with van der Waals surface area (Å²) in [5.74, 6) is -1.43. The van der Waals surface area contributed by atoms with E-state index in [1.54, 1.807) is 24.3 Å². The van der Waals surface area contributed by atoms with Crippen LogP contribution in [0.2, 0.25) is 5.02 Å². The Morgan fingerprint density at radius 2 is 1.91 bits per heavy atom. The predicted molar refractivity (Wildman–Crippen MR) is 93.3 cm³/mol. The minimum atomic E-state index is -0.536. The Balaban J connectivity index is 1.83. The first-order valence-electron chi connectivity index (χ1n) is 7.15. The number of carbonyl (C=O) groups is 1. The molecule has 0 radical (unpaired) electrons. The summed E-state index contributed by atoms with van der Waals surface area (Å²) in [6.07, 6.45) is 0. The van der Waals surface area contributed by atoms with Crippen molar-refractivity contribution in [2.24, 2.45) is 5.92 Å². The van der Waals surface area contributed by atoms with Crippen molar-refractivity contribution in [1.29, 1.82) is 0 Å². The lowest BCUT2D eigenvalue weighted by molar-refractivity contribution is -0.118. The van der Waals surface area contributed by atoms with E-state index in [1.165, 1.54) is 12.1 Å². The monoisotopic (exact) mass is 348 g/mol. The maximum absolute atomic E-state index is 13.7. The van der Waals surface area contributed by atoms with E-state index in [-0.39, 0.29) is 17.5 Å². The van der Waals surface area contributed by atoms with Crippen molar-refractivity contribution in [2.75, 3.05) is 11.9 Å². The van der Waals surface area contributed by atoms with Crippen LogP contribution in [0.3, 0.4) is 0 Å². The highest BCUT2D eigenvalue weighted by atomic mass is 35.5. The molecule has 0 saturated carbocycles. The molecule has 1 saturated heterocycles. The number of hydrogen-bond acceptors (Lipinski definition) is 2. The maximum Gasteiger partial charge on any atom is 0.235 e. The third kappa shape index (κ3) is 3.35. The van der Waals surface area contributed by atoms with Gasteiger partial charge in [0.25, 0.3) is 0 Å². The van der Waals surface area contributed by atoms with Gasteiger partial charge in [-0.05, 0) is 29.8 Å². The minimum absolute atomic E-state index is 0.105. The highest BCUT2D eigenvalue weighted by molar-refractivity contribution is 7.80. The molecule has 2 atom stereocenters. The molecule has 3 rings (SSSR count). The molecular weight excluding hydrogens is 335 g/mol. The van der Waals surface area contributed by atoms with Gasteiger partial charge in [0.15, 0.2) is 0 Å². The Hall–Kier alpha value is -1.98. The number of thiocarbonyl (C=S) groups is 1. The summed E-state index contributed by atoms with van der Waals surface area (Å²) in [7, 11) is 0. The number of hydrogen-bond donors (Lipinski definition) is 2. The lowest BCUT2D eigenvalue weighted by Gasteiger charge is -2.18. The molecule has 1 fully saturated rings. The maximum atomic E-state index is 13.7. The molecular formula is C17H14ClFN2OS. The first kappa shape index (κ1) is 15.9. The third-order valence-electron chi connectivity index (χ3n) is 3.89. The number of anilines is 1. The number of nitrogens with one attached hydrogen (secondary N) is 2. The molecule has 2 aromatic carbocycles. The third-order valence-corrected chi connectivity index (χ3v) is 4.54. The van der Waals surface area contributed by atoms with E-state index >= 15 is 0 Å². The van der Waals surface area contributed by atoms with Crippen molar-refractivity contribution in [3.8, 4) is 0 Å². The molecule has 1 aliphatic rings. The van der Waals surface area contributed by atoms with E-state index in [4.69, 9.17) is 23.8 Å². The summed E-state index contributed by atoms with van der Waals surface area (Å²) in [5.41, 5.74) is 1.12. The normalized spacial score (nSPS) is 20.2. The van der Waals surface area contributed by atoms with Crippen molar-refractivity contribution in [1.82, 2.24) is 5.32 Å². The molecule has 0 aromatic heterocycles. The first-order valence-corrected chi connectivity index (χ1v) is 7.93. The Morgan fingerprint density at radius 3 is 2.61 bits per heavy atom. The predicted octanol–water partition coefficient (Wildman–Crippen LogP) is 3.75. The average Bonchev–Trinajstić information content (AvgIpc) is 2.92. The molecule has 0 bridgehead atoms. The fourth-order valence-corrected chi connectivity index (χ4v) is 3.20. The summed E-state index contributed by atoms with van der Waals surface area (Å²) in [6.45, 7) is 0.565. The van der Waals surface area contributed by atoms with Gasteiger partial charge in [-0.25, -0.2) is 4.39 Å². The second-order valence-electron chi connectivity index (χ2n) is 5.35. The van der Waals surface area contributed by atoms with Crippen LogP contribution in [0.25, 0.3) is 0 Å². The van der Waals surface area contributed by atoms with Crippen molar-refractivity contribution < 1.29 is 9.18 Å². The Labute approximate surface area is 143 Å². The molecule has 2 N–H and O–H groups in total. The molecule has 1 heterocycles. The SMILES string of the molecule is O=C(Nc1ccccc1F)[C@H]1C(=S)NC[C@@H]1c1ccc(Cl)cc1. The zero-order valence-corrected chi connectivity index (χ0v) is 13.6. The smallest absolute Gasteiger partial charge is 0.235 e. The number of rotatable bonds is 3. The second kappa shape index (κ2) is 6.64. The average molecular weight is 349 g/mol. The summed E-state index contributed by atoms with van der Waals surface area (Å²) in [5, 5.41) is 6.32. The van der Waals surface area contributed by atoms with Crippen molar-refractivity contribution in [2.45, 2.75) is 5.92 Å². The molecule has 3 nitrogen and oxygen atoms in total. The Kier molecular flexibility index (Phi) is 4.59. The van der Waals surface area contributed by atoms with Crippen LogP contribution in [0, 0.1) is 11.7 Å². The molecule has 6 heteroatoms. The summed E-state index contributed by atoms with van der Waals surface area (Å²) < 4.78 is 13.7. The quantitative estimate of drug-likeness (QED) is 0.830. The van der Waals surface area contributed by atoms with Gasteiger partial charge in [-0.3, -0.25) is 4.79 Å². The van der Waals surface area contributed by atoms with Crippen molar-refractivity contribution >= 4 is 40.4 Å². The van der Waals surface area contributed by atoms with Gasteiger partial charge in [-0.1, -0.05) is 48.1 Å². The fourth-order valence-electron chi connectivity index (χ4n) is 2.72. The Morgan fingerprint density at radius 1 is 1.22 bits per heavy atom. The van der Waals surface area contributed by atoms with Gasteiger partial charge >= 0.3 is 0 Å². The topological polar surface area (TPSA) is 41.1 Å². The van der Waals surface area contributed by atoms with E-state index in [1.807, 2.05) is 12.1 Å². The second-order valence-corrected chi connectivity index (χ2v) is 6.23. The van der Waals surface area contributed by atoms with Crippen LogP contribution in [0.15, 0.2) is 48.5 Å². The van der Waals surface area contributed by atoms with E-state index < -0.39 is 11.7 Å². The van der Waals surface area contributed by atoms with Crippen LogP contribution in [0.5, 0.6) is 0 Å². The number of amides is 1. The molecule has 0 aliphatic carbocycles. The van der Waals surface area contributed by atoms with Gasteiger partial charge in [0.1, 0.15) is 5.82 Å².